The summed E-state index contributed by atoms with van der Waals surface area (Å²) in [6.07, 6.45) is 12.8. The molecule has 0 amide bonds. The molecule has 3 atom stereocenters. The molecule has 2 fully saturated rings. The van der Waals surface area contributed by atoms with Gasteiger partial charge in [-0.25, -0.2) is 0 Å². The fraction of sp³-hybridized carbons (Fsp3) is 0.947. The lowest BCUT2D eigenvalue weighted by Gasteiger charge is -2.37. The van der Waals surface area contributed by atoms with Gasteiger partial charge in [0, 0.05) is 32.0 Å². The van der Waals surface area contributed by atoms with E-state index in [0.29, 0.717) is 18.0 Å². The highest BCUT2D eigenvalue weighted by Crippen LogP contribution is 2.21. The Kier molecular flexibility index (Phi) is 7.88. The van der Waals surface area contributed by atoms with E-state index in [2.05, 4.69) is 18.7 Å². The zero-order valence-electron chi connectivity index (χ0n) is 14.7. The number of nitrogens with zero attached hydrogens (tertiary/aromatic N) is 1. The molecular weight excluding hydrogens is 274 g/mol. The highest BCUT2D eigenvalue weighted by atomic mass is 16.5. The standard InChI is InChI=1S/C19H35NO2/c1-16-13-20(14-17(2)22-16)15-18-11-9-7-5-3-4-6-8-10-12-19(18)21/h16-18H,3-15H2,1-2H3/t16-,17-,18+/m1/s1. The van der Waals surface area contributed by atoms with Crippen LogP contribution in [0.2, 0.25) is 0 Å². The third kappa shape index (κ3) is 6.37. The van der Waals surface area contributed by atoms with Crippen molar-refractivity contribution < 1.29 is 9.53 Å². The van der Waals surface area contributed by atoms with Gasteiger partial charge in [0.2, 0.25) is 0 Å². The van der Waals surface area contributed by atoms with E-state index in [1.807, 2.05) is 0 Å². The summed E-state index contributed by atoms with van der Waals surface area (Å²) in [7, 11) is 0. The van der Waals surface area contributed by atoms with Crippen molar-refractivity contribution in [2.24, 2.45) is 5.92 Å². The van der Waals surface area contributed by atoms with Crippen LogP contribution in [0, 0.1) is 5.92 Å². The van der Waals surface area contributed by atoms with Crippen LogP contribution in [0.5, 0.6) is 0 Å². The molecule has 0 unspecified atom stereocenters. The van der Waals surface area contributed by atoms with E-state index in [1.165, 1.54) is 44.9 Å². The Morgan fingerprint density at radius 1 is 0.909 bits per heavy atom. The fourth-order valence-corrected chi connectivity index (χ4v) is 4.05. The normalized spacial score (nSPS) is 33.9. The van der Waals surface area contributed by atoms with Gasteiger partial charge >= 0.3 is 0 Å². The second kappa shape index (κ2) is 9.67. The van der Waals surface area contributed by atoms with Crippen molar-refractivity contribution in [2.75, 3.05) is 19.6 Å². The summed E-state index contributed by atoms with van der Waals surface area (Å²) < 4.78 is 5.82. The quantitative estimate of drug-likeness (QED) is 0.766. The Balaban J connectivity index is 1.87. The second-order valence-corrected chi connectivity index (χ2v) is 7.51. The van der Waals surface area contributed by atoms with Crippen LogP contribution in [0.25, 0.3) is 0 Å². The van der Waals surface area contributed by atoms with Gasteiger partial charge in [-0.15, -0.1) is 0 Å². The number of carbonyl (C=O) groups is 1. The molecule has 1 heterocycles. The van der Waals surface area contributed by atoms with Crippen LogP contribution in [0.4, 0.5) is 0 Å². The predicted octanol–water partition coefficient (Wildman–Crippen LogP) is 4.20. The molecule has 0 N–H and O–H groups in total. The van der Waals surface area contributed by atoms with E-state index in [0.717, 1.165) is 38.9 Å². The van der Waals surface area contributed by atoms with E-state index in [4.69, 9.17) is 4.74 Å². The molecule has 3 nitrogen and oxygen atoms in total. The lowest BCUT2D eigenvalue weighted by molar-refractivity contribution is -0.125. The van der Waals surface area contributed by atoms with Crippen molar-refractivity contribution in [1.29, 1.82) is 0 Å². The Morgan fingerprint density at radius 3 is 2.09 bits per heavy atom. The van der Waals surface area contributed by atoms with Gasteiger partial charge in [0.1, 0.15) is 5.78 Å². The van der Waals surface area contributed by atoms with Crippen LogP contribution in [0.3, 0.4) is 0 Å². The van der Waals surface area contributed by atoms with Gasteiger partial charge in [-0.2, -0.15) is 0 Å². The molecule has 1 aliphatic carbocycles. The number of carbonyl (C=O) groups excluding carboxylic acids is 1. The Labute approximate surface area is 136 Å². The van der Waals surface area contributed by atoms with Crippen molar-refractivity contribution in [3.8, 4) is 0 Å². The predicted molar refractivity (Wildman–Crippen MR) is 91.1 cm³/mol. The maximum absolute atomic E-state index is 12.6. The third-order valence-electron chi connectivity index (χ3n) is 5.15. The van der Waals surface area contributed by atoms with E-state index in [9.17, 15) is 4.79 Å². The van der Waals surface area contributed by atoms with Gasteiger partial charge in [0.25, 0.3) is 0 Å². The first-order valence-electron chi connectivity index (χ1n) is 9.55. The molecule has 3 heteroatoms. The molecule has 128 valence electrons. The third-order valence-corrected chi connectivity index (χ3v) is 5.15. The summed E-state index contributed by atoms with van der Waals surface area (Å²) in [4.78, 5) is 15.1. The molecule has 2 aliphatic rings. The monoisotopic (exact) mass is 309 g/mol. The fourth-order valence-electron chi connectivity index (χ4n) is 4.05. The lowest BCUT2D eigenvalue weighted by atomic mass is 9.91. The van der Waals surface area contributed by atoms with Crippen molar-refractivity contribution in [3.05, 3.63) is 0 Å². The number of ether oxygens (including phenoxy) is 1. The molecule has 0 aromatic heterocycles. The first-order chi connectivity index (χ1) is 10.6. The molecule has 0 bridgehead atoms. The molecule has 22 heavy (non-hydrogen) atoms. The molecular formula is C19H35NO2. The summed E-state index contributed by atoms with van der Waals surface area (Å²) in [6.45, 7) is 7.20. The van der Waals surface area contributed by atoms with Gasteiger partial charge in [-0.05, 0) is 26.7 Å². The Bertz CT molecular complexity index is 321. The largest absolute Gasteiger partial charge is 0.373 e. The van der Waals surface area contributed by atoms with Gasteiger partial charge in [-0.1, -0.05) is 44.9 Å². The smallest absolute Gasteiger partial charge is 0.137 e. The zero-order chi connectivity index (χ0) is 15.8. The maximum Gasteiger partial charge on any atom is 0.137 e. The summed E-state index contributed by atoms with van der Waals surface area (Å²) in [5.41, 5.74) is 0. The van der Waals surface area contributed by atoms with Crippen molar-refractivity contribution in [1.82, 2.24) is 4.90 Å². The summed E-state index contributed by atoms with van der Waals surface area (Å²) in [5.74, 6) is 0.782. The molecule has 0 spiro atoms. The molecule has 0 radical (unpaired) electrons. The Morgan fingerprint density at radius 2 is 1.45 bits per heavy atom. The highest BCUT2D eigenvalue weighted by Gasteiger charge is 2.27. The van der Waals surface area contributed by atoms with Crippen LogP contribution in [-0.2, 0) is 9.53 Å². The minimum Gasteiger partial charge on any atom is -0.373 e. The highest BCUT2D eigenvalue weighted by molar-refractivity contribution is 5.81. The van der Waals surface area contributed by atoms with E-state index in [-0.39, 0.29) is 5.92 Å². The zero-order valence-corrected chi connectivity index (χ0v) is 14.7. The summed E-state index contributed by atoms with van der Waals surface area (Å²) in [5, 5.41) is 0. The molecule has 2 rings (SSSR count). The lowest BCUT2D eigenvalue weighted by Crippen LogP contribution is -2.47. The van der Waals surface area contributed by atoms with Gasteiger partial charge in [0.15, 0.2) is 0 Å². The van der Waals surface area contributed by atoms with E-state index in [1.54, 1.807) is 0 Å². The average molecular weight is 309 g/mol. The number of morpholine rings is 1. The van der Waals surface area contributed by atoms with E-state index < -0.39 is 0 Å². The van der Waals surface area contributed by atoms with Gasteiger partial charge < -0.3 is 4.74 Å². The molecule has 1 saturated heterocycles. The Hall–Kier alpha value is -0.410. The van der Waals surface area contributed by atoms with Crippen LogP contribution in [0.15, 0.2) is 0 Å². The number of hydrogen-bond donors (Lipinski definition) is 0. The van der Waals surface area contributed by atoms with Crippen LogP contribution < -0.4 is 0 Å². The molecule has 1 saturated carbocycles. The van der Waals surface area contributed by atoms with Crippen LogP contribution >= 0.6 is 0 Å². The van der Waals surface area contributed by atoms with Gasteiger partial charge in [0.05, 0.1) is 12.2 Å². The number of Topliss-reactive ketones (excluding diaryl/α,β-unsaturated/α-hetero) is 1. The molecule has 1 aliphatic heterocycles. The molecule has 0 aromatic carbocycles. The maximum atomic E-state index is 12.6. The summed E-state index contributed by atoms with van der Waals surface area (Å²) in [6, 6.07) is 0. The summed E-state index contributed by atoms with van der Waals surface area (Å²) >= 11 is 0. The number of rotatable bonds is 2. The van der Waals surface area contributed by atoms with Crippen molar-refractivity contribution in [2.45, 2.75) is 90.3 Å². The SMILES string of the molecule is C[C@@H]1CN(C[C@@H]2CCCCCCCCCCC2=O)C[C@@H](C)O1. The molecule has 0 aromatic rings. The van der Waals surface area contributed by atoms with Crippen LogP contribution in [-0.4, -0.2) is 42.5 Å². The van der Waals surface area contributed by atoms with E-state index >= 15 is 0 Å². The topological polar surface area (TPSA) is 29.5 Å². The van der Waals surface area contributed by atoms with Crippen molar-refractivity contribution >= 4 is 5.78 Å². The number of hydrogen-bond acceptors (Lipinski definition) is 3. The second-order valence-electron chi connectivity index (χ2n) is 7.51. The number of ketones is 1. The minimum absolute atomic E-state index is 0.261. The van der Waals surface area contributed by atoms with Gasteiger partial charge in [-0.3, -0.25) is 9.69 Å². The first-order valence-corrected chi connectivity index (χ1v) is 9.55. The first kappa shape index (κ1) is 17.9. The average Bonchev–Trinajstić information content (AvgIpc) is 2.45. The van der Waals surface area contributed by atoms with Crippen LogP contribution in [0.1, 0.15) is 78.1 Å². The van der Waals surface area contributed by atoms with Crippen molar-refractivity contribution in [3.63, 3.8) is 0 Å². The minimum atomic E-state index is 0.261.